The van der Waals surface area contributed by atoms with E-state index in [1.54, 1.807) is 6.92 Å². The van der Waals surface area contributed by atoms with Gasteiger partial charge in [0.2, 0.25) is 0 Å². The van der Waals surface area contributed by atoms with Crippen LogP contribution in [-0.4, -0.2) is 15.2 Å². The lowest BCUT2D eigenvalue weighted by atomic mass is 10.6. The van der Waals surface area contributed by atoms with E-state index in [1.165, 1.54) is 0 Å². The Morgan fingerprint density at radius 2 is 1.91 bits per heavy atom. The first-order valence-electron chi connectivity index (χ1n) is 3.39. The third-order valence-electron chi connectivity index (χ3n) is 0.953. The molecule has 4 nitrogen and oxygen atoms in total. The third-order valence-corrected chi connectivity index (χ3v) is 0.953. The molecule has 1 rings (SSSR count). The van der Waals surface area contributed by atoms with Crippen molar-refractivity contribution in [3.05, 3.63) is 28.5 Å². The minimum absolute atomic E-state index is 0.252. The molecule has 1 heterocycles. The van der Waals surface area contributed by atoms with Crippen LogP contribution in [0, 0.1) is 6.92 Å². The summed E-state index contributed by atoms with van der Waals surface area (Å²) in [6.45, 7) is 5.71. The van der Waals surface area contributed by atoms with Gasteiger partial charge in [-0.25, -0.2) is 9.89 Å². The number of aryl methyl sites for hydroxylation is 1. The molecule has 0 aliphatic heterocycles. The number of aromatic amines is 2. The van der Waals surface area contributed by atoms with E-state index in [9.17, 15) is 4.79 Å². The fourth-order valence-electron chi connectivity index (χ4n) is 0.355. The van der Waals surface area contributed by atoms with Gasteiger partial charge in [0.1, 0.15) is 5.82 Å². The lowest BCUT2D eigenvalue weighted by Crippen LogP contribution is -2.00. The molecule has 62 valence electrons. The predicted octanol–water partition coefficient (Wildman–Crippen LogP) is 0.989. The molecule has 0 aliphatic carbocycles. The number of hydrogen-bond donors (Lipinski definition) is 2. The van der Waals surface area contributed by atoms with Crippen molar-refractivity contribution < 1.29 is 0 Å². The normalized spacial score (nSPS) is 9.36. The average Bonchev–Trinajstić information content (AvgIpc) is 2.35. The first-order valence-corrected chi connectivity index (χ1v) is 3.39. The van der Waals surface area contributed by atoms with E-state index in [0.29, 0.717) is 5.82 Å². The van der Waals surface area contributed by atoms with Gasteiger partial charge in [-0.3, -0.25) is 4.98 Å². The number of hydrogen-bond acceptors (Lipinski definition) is 2. The molecular formula is C7H13N3O. The van der Waals surface area contributed by atoms with Gasteiger partial charge >= 0.3 is 5.69 Å². The molecule has 2 N–H and O–H groups in total. The third kappa shape index (κ3) is 5.14. The van der Waals surface area contributed by atoms with Crippen molar-refractivity contribution in [3.8, 4) is 0 Å². The van der Waals surface area contributed by atoms with Gasteiger partial charge in [0, 0.05) is 0 Å². The molecule has 0 saturated carbocycles. The molecule has 1 aromatic rings. The summed E-state index contributed by atoms with van der Waals surface area (Å²) in [7, 11) is 0. The van der Waals surface area contributed by atoms with Crippen LogP contribution in [0.1, 0.15) is 19.7 Å². The summed E-state index contributed by atoms with van der Waals surface area (Å²) in [6, 6.07) is 0. The Labute approximate surface area is 65.4 Å². The van der Waals surface area contributed by atoms with Crippen LogP contribution in [0.25, 0.3) is 0 Å². The van der Waals surface area contributed by atoms with Gasteiger partial charge in [-0.15, -0.1) is 0 Å². The molecule has 0 aromatic carbocycles. The number of H-pyrrole nitrogens is 2. The second-order valence-corrected chi connectivity index (χ2v) is 1.93. The van der Waals surface area contributed by atoms with Crippen molar-refractivity contribution in [2.75, 3.05) is 0 Å². The molecule has 1 aromatic heterocycles. The van der Waals surface area contributed by atoms with Gasteiger partial charge in [-0.05, 0) is 20.8 Å². The van der Waals surface area contributed by atoms with Crippen LogP contribution >= 0.6 is 0 Å². The van der Waals surface area contributed by atoms with Crippen molar-refractivity contribution in [3.63, 3.8) is 0 Å². The van der Waals surface area contributed by atoms with Crippen LogP contribution in [-0.2, 0) is 0 Å². The molecule has 0 spiro atoms. The molecule has 0 amide bonds. The fraction of sp³-hybridized carbons (Fsp3) is 0.429. The highest BCUT2D eigenvalue weighted by Gasteiger charge is 1.82. The second-order valence-electron chi connectivity index (χ2n) is 1.93. The fourth-order valence-corrected chi connectivity index (χ4v) is 0.355. The van der Waals surface area contributed by atoms with Crippen LogP contribution in [0.5, 0.6) is 0 Å². The summed E-state index contributed by atoms with van der Waals surface area (Å²) < 4.78 is 0. The predicted molar refractivity (Wildman–Crippen MR) is 44.4 cm³/mol. The molecule has 4 heteroatoms. The average molecular weight is 155 g/mol. The Kier molecular flexibility index (Phi) is 4.81. The maximum atomic E-state index is 10.1. The highest BCUT2D eigenvalue weighted by Crippen LogP contribution is 1.68. The SMILES string of the molecule is C/C=C/C.Cc1n[nH]c(=O)[nH]1. The van der Waals surface area contributed by atoms with Crippen molar-refractivity contribution in [2.45, 2.75) is 20.8 Å². The van der Waals surface area contributed by atoms with Crippen molar-refractivity contribution >= 4 is 0 Å². The monoisotopic (exact) mass is 155 g/mol. The smallest absolute Gasteiger partial charge is 0.293 e. The Bertz CT molecular complexity index is 255. The van der Waals surface area contributed by atoms with Gasteiger partial charge in [0.05, 0.1) is 0 Å². The summed E-state index contributed by atoms with van der Waals surface area (Å²) in [4.78, 5) is 12.5. The summed E-state index contributed by atoms with van der Waals surface area (Å²) in [5.41, 5.74) is -0.252. The van der Waals surface area contributed by atoms with Gasteiger partial charge in [-0.1, -0.05) is 12.2 Å². The Morgan fingerprint density at radius 1 is 1.36 bits per heavy atom. The van der Waals surface area contributed by atoms with Gasteiger partial charge in [0.15, 0.2) is 0 Å². The Balaban J connectivity index is 0.000000218. The Morgan fingerprint density at radius 3 is 2.00 bits per heavy atom. The Hall–Kier alpha value is -1.32. The summed E-state index contributed by atoms with van der Waals surface area (Å²) in [5, 5.41) is 5.73. The summed E-state index contributed by atoms with van der Waals surface area (Å²) in [5.74, 6) is 0.616. The number of nitrogens with one attached hydrogen (secondary N) is 2. The topological polar surface area (TPSA) is 61.5 Å². The molecule has 0 radical (unpaired) electrons. The molecule has 11 heavy (non-hydrogen) atoms. The number of nitrogens with zero attached hydrogens (tertiary/aromatic N) is 1. The zero-order valence-electron chi connectivity index (χ0n) is 7.01. The first kappa shape index (κ1) is 9.68. The molecule has 0 aliphatic rings. The van der Waals surface area contributed by atoms with Crippen LogP contribution in [0.3, 0.4) is 0 Å². The van der Waals surface area contributed by atoms with Gasteiger partial charge < -0.3 is 0 Å². The van der Waals surface area contributed by atoms with Crippen LogP contribution in [0.4, 0.5) is 0 Å². The van der Waals surface area contributed by atoms with Gasteiger partial charge in [0.25, 0.3) is 0 Å². The zero-order valence-corrected chi connectivity index (χ0v) is 7.01. The molecule has 0 fully saturated rings. The van der Waals surface area contributed by atoms with Crippen LogP contribution in [0.2, 0.25) is 0 Å². The van der Waals surface area contributed by atoms with E-state index in [-0.39, 0.29) is 5.69 Å². The van der Waals surface area contributed by atoms with Crippen LogP contribution < -0.4 is 5.69 Å². The lowest BCUT2D eigenvalue weighted by molar-refractivity contribution is 1.02. The number of aromatic nitrogens is 3. The quantitative estimate of drug-likeness (QED) is 0.549. The van der Waals surface area contributed by atoms with Crippen molar-refractivity contribution in [1.29, 1.82) is 0 Å². The maximum Gasteiger partial charge on any atom is 0.340 e. The van der Waals surface area contributed by atoms with Gasteiger partial charge in [-0.2, -0.15) is 5.10 Å². The van der Waals surface area contributed by atoms with E-state index in [4.69, 9.17) is 0 Å². The first-order chi connectivity index (χ1) is 5.20. The zero-order chi connectivity index (χ0) is 8.69. The van der Waals surface area contributed by atoms with E-state index >= 15 is 0 Å². The van der Waals surface area contributed by atoms with Crippen molar-refractivity contribution in [2.24, 2.45) is 0 Å². The maximum absolute atomic E-state index is 10.1. The van der Waals surface area contributed by atoms with E-state index < -0.39 is 0 Å². The highest BCUT2D eigenvalue weighted by molar-refractivity contribution is 4.71. The molecule has 0 saturated heterocycles. The standard InChI is InChI=1S/C4H8.C3H5N3O/c1-3-4-2;1-2-4-3(7)6-5-2/h3-4H,1-2H3;1H3,(H2,4,5,6,7)/b4-3+;. The summed E-state index contributed by atoms with van der Waals surface area (Å²) in [6.07, 6.45) is 4.00. The molecule has 0 atom stereocenters. The van der Waals surface area contributed by atoms with Crippen LogP contribution in [0.15, 0.2) is 16.9 Å². The lowest BCUT2D eigenvalue weighted by Gasteiger charge is -1.65. The minimum atomic E-state index is -0.252. The molecule has 0 unspecified atom stereocenters. The minimum Gasteiger partial charge on any atom is -0.293 e. The van der Waals surface area contributed by atoms with E-state index in [2.05, 4.69) is 15.2 Å². The van der Waals surface area contributed by atoms with Crippen molar-refractivity contribution in [1.82, 2.24) is 15.2 Å². The second kappa shape index (κ2) is 5.46. The molecule has 0 bridgehead atoms. The highest BCUT2D eigenvalue weighted by atomic mass is 16.1. The summed E-state index contributed by atoms with van der Waals surface area (Å²) >= 11 is 0. The number of allylic oxidation sites excluding steroid dienone is 2. The molecular weight excluding hydrogens is 142 g/mol. The van der Waals surface area contributed by atoms with E-state index in [0.717, 1.165) is 0 Å². The van der Waals surface area contributed by atoms with E-state index in [1.807, 2.05) is 26.0 Å². The number of rotatable bonds is 0. The largest absolute Gasteiger partial charge is 0.340 e.